The standard InChI is InChI=1S/C30H40FN3O2.C18H27FN2.C12H14ClNO2/c1-2-36-29(35)28(25-11-8-19-32-27(25)23-13-14-23)34-20-18-30(31,21-34)17-7-3-4-10-24-16-15-22-9-5-6-12-26(22)33-24;19-18(12-13-20-14-18)11-5-1-2-7-16-10-9-15-6-3-4-8-17(15)21-16;1-2-16-12(15)10(13)9-4-3-7-14-11(9)8-5-6-8/h8,11,15-16,19,23,28H,2-7,9-10,12-14,17-18,20-21H2,1H3;9-10,20H,1-8,11-14H2;3-4,7-8,10H,2,5-6H2,1H3. The van der Waals surface area contributed by atoms with E-state index in [-0.39, 0.29) is 18.5 Å². The number of aryl methyl sites for hydroxylation is 6. The van der Waals surface area contributed by atoms with E-state index in [1.807, 2.05) is 30.0 Å². The highest BCUT2D eigenvalue weighted by molar-refractivity contribution is 6.30. The number of carbonyl (C=O) groups is 2. The van der Waals surface area contributed by atoms with Gasteiger partial charge in [0.1, 0.15) is 17.4 Å². The molecule has 0 amide bonds. The van der Waals surface area contributed by atoms with E-state index in [1.165, 1.54) is 66.0 Å². The Hall–Kier alpha value is -4.39. The van der Waals surface area contributed by atoms with Gasteiger partial charge in [0, 0.05) is 89.2 Å². The summed E-state index contributed by atoms with van der Waals surface area (Å²) in [5.41, 5.74) is 9.38. The fourth-order valence-electron chi connectivity index (χ4n) is 11.3. The van der Waals surface area contributed by atoms with Crippen molar-refractivity contribution in [3.05, 3.63) is 117 Å². The summed E-state index contributed by atoms with van der Waals surface area (Å²) >= 11 is 6.10. The highest BCUT2D eigenvalue weighted by Crippen LogP contribution is 2.45. The van der Waals surface area contributed by atoms with Crippen molar-refractivity contribution >= 4 is 23.5 Å². The number of hydrogen-bond donors (Lipinski definition) is 1. The van der Waals surface area contributed by atoms with Gasteiger partial charge >= 0.3 is 11.9 Å². The number of rotatable bonds is 21. The molecule has 4 atom stereocenters. The van der Waals surface area contributed by atoms with Gasteiger partial charge in [0.05, 0.1) is 13.2 Å². The Labute approximate surface area is 439 Å². The van der Waals surface area contributed by atoms with Crippen LogP contribution >= 0.6 is 11.6 Å². The van der Waals surface area contributed by atoms with Crippen molar-refractivity contribution < 1.29 is 27.8 Å². The second-order valence-corrected chi connectivity index (χ2v) is 22.0. The van der Waals surface area contributed by atoms with Gasteiger partial charge in [-0.2, -0.15) is 0 Å². The zero-order valence-corrected chi connectivity index (χ0v) is 44.6. The third kappa shape index (κ3) is 15.8. The number of nitrogens with zero attached hydrogens (tertiary/aromatic N) is 5. The third-order valence-electron chi connectivity index (χ3n) is 15.7. The molecule has 2 aliphatic heterocycles. The average molecular weight is 1020 g/mol. The molecule has 73 heavy (non-hydrogen) atoms. The van der Waals surface area contributed by atoms with Gasteiger partial charge in [0.2, 0.25) is 0 Å². The van der Waals surface area contributed by atoms with E-state index in [9.17, 15) is 14.0 Å². The first kappa shape index (κ1) is 54.9. The van der Waals surface area contributed by atoms with Crippen LogP contribution in [-0.2, 0) is 57.6 Å². The monoisotopic (exact) mass is 1020 g/mol. The van der Waals surface area contributed by atoms with E-state index in [0.717, 1.165) is 132 Å². The molecule has 0 bridgehead atoms. The van der Waals surface area contributed by atoms with E-state index in [4.69, 9.17) is 31.0 Å². The van der Waals surface area contributed by atoms with E-state index >= 15 is 4.39 Å². The summed E-state index contributed by atoms with van der Waals surface area (Å²) in [5.74, 6) is 0.223. The molecule has 4 aliphatic carbocycles. The highest BCUT2D eigenvalue weighted by Gasteiger charge is 2.45. The molecule has 396 valence electrons. The lowest BCUT2D eigenvalue weighted by atomic mass is 9.95. The molecule has 0 spiro atoms. The summed E-state index contributed by atoms with van der Waals surface area (Å²) in [6.07, 6.45) is 28.4. The van der Waals surface area contributed by atoms with Crippen LogP contribution in [0.15, 0.2) is 60.9 Å². The molecule has 10 rings (SSSR count). The van der Waals surface area contributed by atoms with Crippen LogP contribution in [0.1, 0.15) is 209 Å². The largest absolute Gasteiger partial charge is 0.465 e. The minimum Gasteiger partial charge on any atom is -0.465 e. The van der Waals surface area contributed by atoms with E-state index in [0.29, 0.717) is 57.4 Å². The van der Waals surface area contributed by atoms with E-state index in [1.54, 1.807) is 25.4 Å². The lowest BCUT2D eigenvalue weighted by molar-refractivity contribution is -0.149. The maximum Gasteiger partial charge on any atom is 0.328 e. The van der Waals surface area contributed by atoms with E-state index < -0.39 is 22.8 Å². The van der Waals surface area contributed by atoms with Crippen LogP contribution in [0, 0.1) is 0 Å². The Bertz CT molecular complexity index is 2410. The molecule has 2 saturated heterocycles. The molecular formula is C60H81ClF2N6O4. The molecule has 6 heterocycles. The van der Waals surface area contributed by atoms with Crippen molar-refractivity contribution in [1.29, 1.82) is 0 Å². The number of ether oxygens (including phenoxy) is 2. The maximum atomic E-state index is 15.9. The number of nitrogens with one attached hydrogen (secondary N) is 1. The molecule has 13 heteroatoms. The summed E-state index contributed by atoms with van der Waals surface area (Å²) in [4.78, 5) is 45.2. The fraction of sp³-hybridized carbons (Fsp3) is 0.633. The van der Waals surface area contributed by atoms with Crippen LogP contribution in [0.3, 0.4) is 0 Å². The Morgan fingerprint density at radius 1 is 0.685 bits per heavy atom. The van der Waals surface area contributed by atoms with Gasteiger partial charge < -0.3 is 14.8 Å². The van der Waals surface area contributed by atoms with Gasteiger partial charge in [0.25, 0.3) is 0 Å². The number of alkyl halides is 3. The van der Waals surface area contributed by atoms with Gasteiger partial charge in [-0.15, -0.1) is 11.6 Å². The Morgan fingerprint density at radius 2 is 1.22 bits per heavy atom. The Balaban J connectivity index is 0.000000162. The zero-order valence-electron chi connectivity index (χ0n) is 43.8. The van der Waals surface area contributed by atoms with Crippen LogP contribution in [0.2, 0.25) is 0 Å². The quantitative estimate of drug-likeness (QED) is 0.0491. The summed E-state index contributed by atoms with van der Waals surface area (Å²) < 4.78 is 40.4. The molecule has 10 nitrogen and oxygen atoms in total. The summed E-state index contributed by atoms with van der Waals surface area (Å²) in [7, 11) is 0. The van der Waals surface area contributed by atoms with Crippen LogP contribution in [0.5, 0.6) is 0 Å². The lowest BCUT2D eigenvalue weighted by Gasteiger charge is -2.28. The molecule has 0 radical (unpaired) electrons. The molecular weight excluding hydrogens is 942 g/mol. The summed E-state index contributed by atoms with van der Waals surface area (Å²) in [6.45, 7) is 6.51. The SMILES string of the molecule is CCOC(=O)C(Cl)c1cccnc1C1CC1.CCOC(=O)C(c1cccnc1C1CC1)N1CCC(F)(CCCCCc2ccc3c(n2)CCCC3)C1.FC1(CCCCCc2ccc3c(n2)CCCC3)CCNC1. The average Bonchev–Trinajstić information content (AvgIpc) is 4.36. The minimum absolute atomic E-state index is 0.280. The number of fused-ring (bicyclic) bond motifs is 2. The second-order valence-electron chi connectivity index (χ2n) is 21.6. The van der Waals surface area contributed by atoms with Gasteiger partial charge in [0.15, 0.2) is 5.38 Å². The minimum atomic E-state index is -1.25. The molecule has 6 aliphatic rings. The first-order chi connectivity index (χ1) is 35.5. The Kier molecular flexibility index (Phi) is 20.2. The topological polar surface area (TPSA) is 119 Å². The molecule has 4 fully saturated rings. The van der Waals surface area contributed by atoms with Crippen molar-refractivity contribution in [2.75, 3.05) is 39.4 Å². The van der Waals surface area contributed by atoms with Gasteiger partial charge in [-0.05, 0) is 184 Å². The highest BCUT2D eigenvalue weighted by atomic mass is 35.5. The second kappa shape index (κ2) is 26.9. The van der Waals surface area contributed by atoms with Gasteiger partial charge in [-0.1, -0.05) is 49.9 Å². The van der Waals surface area contributed by atoms with Gasteiger partial charge in [-0.25, -0.2) is 13.6 Å². The number of carbonyl (C=O) groups excluding carboxylic acids is 2. The van der Waals surface area contributed by atoms with Crippen molar-refractivity contribution in [3.8, 4) is 0 Å². The summed E-state index contributed by atoms with van der Waals surface area (Å²) in [6, 6.07) is 15.9. The molecule has 4 aromatic rings. The van der Waals surface area contributed by atoms with Crippen molar-refractivity contribution in [3.63, 3.8) is 0 Å². The van der Waals surface area contributed by atoms with Crippen LogP contribution in [-0.4, -0.2) is 87.5 Å². The molecule has 4 aromatic heterocycles. The van der Waals surface area contributed by atoms with Crippen LogP contribution in [0.4, 0.5) is 8.78 Å². The number of aromatic nitrogens is 4. The predicted molar refractivity (Wildman–Crippen MR) is 284 cm³/mol. The lowest BCUT2D eigenvalue weighted by Crippen LogP contribution is -2.37. The first-order valence-electron chi connectivity index (χ1n) is 28.2. The first-order valence-corrected chi connectivity index (χ1v) is 28.6. The molecule has 1 N–H and O–H groups in total. The van der Waals surface area contributed by atoms with Crippen LogP contribution in [0.25, 0.3) is 0 Å². The number of esters is 2. The number of likely N-dealkylation sites (tertiary alicyclic amines) is 1. The maximum absolute atomic E-state index is 15.9. The zero-order chi connectivity index (χ0) is 51.0. The number of hydrogen-bond acceptors (Lipinski definition) is 10. The van der Waals surface area contributed by atoms with Crippen molar-refractivity contribution in [1.82, 2.24) is 30.2 Å². The number of pyridine rings is 4. The van der Waals surface area contributed by atoms with Gasteiger partial charge in [-0.3, -0.25) is 29.6 Å². The molecule has 2 saturated carbocycles. The molecule has 4 unspecified atom stereocenters. The van der Waals surface area contributed by atoms with Crippen molar-refractivity contribution in [2.45, 2.75) is 203 Å². The summed E-state index contributed by atoms with van der Waals surface area (Å²) in [5, 5.41) is 2.39. The Morgan fingerprint density at radius 3 is 1.77 bits per heavy atom. The van der Waals surface area contributed by atoms with Crippen molar-refractivity contribution in [2.24, 2.45) is 0 Å². The fourth-order valence-corrected chi connectivity index (χ4v) is 11.6. The number of unbranched alkanes of at least 4 members (excludes halogenated alkanes) is 4. The molecule has 0 aromatic carbocycles. The smallest absolute Gasteiger partial charge is 0.328 e. The van der Waals surface area contributed by atoms with Crippen LogP contribution < -0.4 is 5.32 Å². The predicted octanol–water partition coefficient (Wildman–Crippen LogP) is 12.6. The normalized spacial score (nSPS) is 22.2. The van der Waals surface area contributed by atoms with E-state index in [2.05, 4.69) is 39.6 Å². The number of halogens is 3. The third-order valence-corrected chi connectivity index (χ3v) is 16.1.